The molecule has 2 aromatic rings. The number of Topliss-reactive ketones (excluding diaryl/α,β-unsaturated/α-hetero) is 1. The zero-order chi connectivity index (χ0) is 18.4. The third-order valence-corrected chi connectivity index (χ3v) is 4.80. The molecule has 0 aromatic heterocycles. The third kappa shape index (κ3) is 4.49. The highest BCUT2D eigenvalue weighted by Gasteiger charge is 2.22. The number of amides is 2. The predicted molar refractivity (Wildman–Crippen MR) is 103 cm³/mol. The van der Waals surface area contributed by atoms with Gasteiger partial charge in [-0.1, -0.05) is 55.3 Å². The Hall–Kier alpha value is -2.66. The van der Waals surface area contributed by atoms with Crippen LogP contribution in [0.1, 0.15) is 41.6 Å². The molecule has 0 spiro atoms. The van der Waals surface area contributed by atoms with E-state index in [-0.39, 0.29) is 24.4 Å². The molecule has 136 valence electrons. The maximum Gasteiger partial charge on any atom is 0.322 e. The minimum absolute atomic E-state index is 0.000713. The summed E-state index contributed by atoms with van der Waals surface area (Å²) in [7, 11) is 0. The summed E-state index contributed by atoms with van der Waals surface area (Å²) in [6.07, 6.45) is 4.44. The minimum Gasteiger partial charge on any atom is -0.335 e. The number of hydrogen-bond donors (Lipinski definition) is 2. The molecule has 1 aliphatic carbocycles. The molecule has 1 aliphatic rings. The van der Waals surface area contributed by atoms with Crippen LogP contribution in [0.2, 0.25) is 0 Å². The van der Waals surface area contributed by atoms with Crippen LogP contribution in [0.5, 0.6) is 0 Å². The van der Waals surface area contributed by atoms with Gasteiger partial charge < -0.3 is 11.1 Å². The SMILES string of the molecule is NCC(=O)c1ccc(CN(C(=O)NC2CCCC2)c2ccccc2)cc1. The average Bonchev–Trinajstić information content (AvgIpc) is 3.19. The Morgan fingerprint density at radius 2 is 1.65 bits per heavy atom. The summed E-state index contributed by atoms with van der Waals surface area (Å²) in [6, 6.07) is 17.1. The van der Waals surface area contributed by atoms with Crippen molar-refractivity contribution in [2.45, 2.75) is 38.3 Å². The molecule has 0 unspecified atom stereocenters. The van der Waals surface area contributed by atoms with E-state index in [0.717, 1.165) is 24.1 Å². The van der Waals surface area contributed by atoms with Gasteiger partial charge in [0.25, 0.3) is 0 Å². The van der Waals surface area contributed by atoms with Gasteiger partial charge in [0.2, 0.25) is 0 Å². The molecular formula is C21H25N3O2. The number of carbonyl (C=O) groups excluding carboxylic acids is 2. The molecule has 2 aromatic carbocycles. The van der Waals surface area contributed by atoms with Gasteiger partial charge in [-0.15, -0.1) is 0 Å². The second-order valence-corrected chi connectivity index (χ2v) is 6.68. The summed E-state index contributed by atoms with van der Waals surface area (Å²) in [5, 5.41) is 3.15. The Morgan fingerprint density at radius 1 is 1.00 bits per heavy atom. The molecule has 3 N–H and O–H groups in total. The van der Waals surface area contributed by atoms with Crippen LogP contribution in [0, 0.1) is 0 Å². The molecule has 1 fully saturated rings. The highest BCUT2D eigenvalue weighted by Crippen LogP contribution is 2.21. The molecule has 0 radical (unpaired) electrons. The van der Waals surface area contributed by atoms with E-state index >= 15 is 0 Å². The summed E-state index contributed by atoms with van der Waals surface area (Å²) in [6.45, 7) is 0.443. The monoisotopic (exact) mass is 351 g/mol. The fourth-order valence-electron chi connectivity index (χ4n) is 3.31. The number of rotatable bonds is 6. The van der Waals surface area contributed by atoms with Crippen molar-refractivity contribution in [1.82, 2.24) is 5.32 Å². The zero-order valence-electron chi connectivity index (χ0n) is 14.9. The number of carbonyl (C=O) groups is 2. The zero-order valence-corrected chi connectivity index (χ0v) is 14.9. The lowest BCUT2D eigenvalue weighted by molar-refractivity contribution is 0.100. The molecule has 26 heavy (non-hydrogen) atoms. The first kappa shape index (κ1) is 18.1. The van der Waals surface area contributed by atoms with Gasteiger partial charge in [0.1, 0.15) is 0 Å². The lowest BCUT2D eigenvalue weighted by Crippen LogP contribution is -2.43. The van der Waals surface area contributed by atoms with Crippen LogP contribution in [0.25, 0.3) is 0 Å². The van der Waals surface area contributed by atoms with Gasteiger partial charge in [-0.05, 0) is 30.5 Å². The quantitative estimate of drug-likeness (QED) is 0.782. The molecule has 2 amide bonds. The smallest absolute Gasteiger partial charge is 0.322 e. The van der Waals surface area contributed by atoms with Crippen molar-refractivity contribution < 1.29 is 9.59 Å². The van der Waals surface area contributed by atoms with Crippen molar-refractivity contribution >= 4 is 17.5 Å². The van der Waals surface area contributed by atoms with Crippen LogP contribution in [-0.2, 0) is 6.54 Å². The fraction of sp³-hybridized carbons (Fsp3) is 0.333. The van der Waals surface area contributed by atoms with Crippen LogP contribution in [0.15, 0.2) is 54.6 Å². The van der Waals surface area contributed by atoms with Crippen molar-refractivity contribution in [3.05, 3.63) is 65.7 Å². The highest BCUT2D eigenvalue weighted by molar-refractivity contribution is 5.97. The van der Waals surface area contributed by atoms with Gasteiger partial charge in [-0.3, -0.25) is 9.69 Å². The molecule has 5 heteroatoms. The molecule has 0 bridgehead atoms. The number of para-hydroxylation sites is 1. The number of nitrogens with one attached hydrogen (secondary N) is 1. The largest absolute Gasteiger partial charge is 0.335 e. The molecule has 0 saturated heterocycles. The summed E-state index contributed by atoms with van der Waals surface area (Å²) in [4.78, 5) is 26.3. The first-order valence-corrected chi connectivity index (χ1v) is 9.12. The van der Waals surface area contributed by atoms with Crippen molar-refractivity contribution in [3.8, 4) is 0 Å². The first-order chi connectivity index (χ1) is 12.7. The minimum atomic E-state index is -0.0876. The van der Waals surface area contributed by atoms with Gasteiger partial charge in [0, 0.05) is 17.3 Å². The Morgan fingerprint density at radius 3 is 2.27 bits per heavy atom. The van der Waals surface area contributed by atoms with Crippen LogP contribution in [0.3, 0.4) is 0 Å². The number of nitrogens with zero attached hydrogens (tertiary/aromatic N) is 1. The Kier molecular flexibility index (Phi) is 6.02. The van der Waals surface area contributed by atoms with E-state index in [1.54, 1.807) is 17.0 Å². The Balaban J connectivity index is 1.77. The summed E-state index contributed by atoms with van der Waals surface area (Å²) >= 11 is 0. The van der Waals surface area contributed by atoms with E-state index in [4.69, 9.17) is 5.73 Å². The molecule has 1 saturated carbocycles. The van der Waals surface area contributed by atoms with E-state index < -0.39 is 0 Å². The van der Waals surface area contributed by atoms with Crippen LogP contribution >= 0.6 is 0 Å². The summed E-state index contributed by atoms with van der Waals surface area (Å²) < 4.78 is 0. The maximum absolute atomic E-state index is 12.9. The maximum atomic E-state index is 12.9. The molecular weight excluding hydrogens is 326 g/mol. The molecule has 0 heterocycles. The van der Waals surface area contributed by atoms with E-state index in [9.17, 15) is 9.59 Å². The van der Waals surface area contributed by atoms with Crippen LogP contribution in [0.4, 0.5) is 10.5 Å². The summed E-state index contributed by atoms with van der Waals surface area (Å²) in [5.41, 5.74) is 7.81. The average molecular weight is 351 g/mol. The van der Waals surface area contributed by atoms with E-state index in [2.05, 4.69) is 5.32 Å². The first-order valence-electron chi connectivity index (χ1n) is 9.12. The predicted octanol–water partition coefficient (Wildman–Crippen LogP) is 3.49. The van der Waals surface area contributed by atoms with E-state index in [1.807, 2.05) is 42.5 Å². The second-order valence-electron chi connectivity index (χ2n) is 6.68. The van der Waals surface area contributed by atoms with Gasteiger partial charge >= 0.3 is 6.03 Å². The lowest BCUT2D eigenvalue weighted by atomic mass is 10.1. The number of hydrogen-bond acceptors (Lipinski definition) is 3. The normalized spacial score (nSPS) is 14.2. The number of nitrogens with two attached hydrogens (primary N) is 1. The van der Waals surface area contributed by atoms with E-state index in [1.165, 1.54) is 12.8 Å². The van der Waals surface area contributed by atoms with Crippen molar-refractivity contribution in [2.24, 2.45) is 5.73 Å². The molecule has 5 nitrogen and oxygen atoms in total. The Labute approximate surface area is 154 Å². The van der Waals surface area contributed by atoms with Gasteiger partial charge in [-0.2, -0.15) is 0 Å². The summed E-state index contributed by atoms with van der Waals surface area (Å²) in [5.74, 6) is -0.0876. The molecule has 3 rings (SSSR count). The number of anilines is 1. The number of urea groups is 1. The van der Waals surface area contributed by atoms with Crippen LogP contribution in [-0.4, -0.2) is 24.4 Å². The third-order valence-electron chi connectivity index (χ3n) is 4.80. The number of benzene rings is 2. The fourth-order valence-corrected chi connectivity index (χ4v) is 3.31. The Bertz CT molecular complexity index is 738. The van der Waals surface area contributed by atoms with Gasteiger partial charge in [-0.25, -0.2) is 4.79 Å². The van der Waals surface area contributed by atoms with Crippen LogP contribution < -0.4 is 16.0 Å². The highest BCUT2D eigenvalue weighted by atomic mass is 16.2. The van der Waals surface area contributed by atoms with Crippen molar-refractivity contribution in [2.75, 3.05) is 11.4 Å². The lowest BCUT2D eigenvalue weighted by Gasteiger charge is -2.25. The molecule has 0 atom stereocenters. The van der Waals surface area contributed by atoms with Crippen molar-refractivity contribution in [3.63, 3.8) is 0 Å². The van der Waals surface area contributed by atoms with E-state index in [0.29, 0.717) is 12.1 Å². The van der Waals surface area contributed by atoms with Gasteiger partial charge in [0.05, 0.1) is 13.1 Å². The second kappa shape index (κ2) is 8.63. The topological polar surface area (TPSA) is 75.4 Å². The molecule has 0 aliphatic heterocycles. The van der Waals surface area contributed by atoms with Crippen molar-refractivity contribution in [1.29, 1.82) is 0 Å². The van der Waals surface area contributed by atoms with Gasteiger partial charge in [0.15, 0.2) is 5.78 Å². The number of ketones is 1. The standard InChI is InChI=1S/C21H25N3O2/c22-14-20(25)17-12-10-16(11-13-17)15-24(19-8-2-1-3-9-19)21(26)23-18-6-4-5-7-18/h1-3,8-13,18H,4-7,14-15,22H2,(H,23,26).